The molecule has 0 heterocycles. The third-order valence-corrected chi connectivity index (χ3v) is 12.5. The van der Waals surface area contributed by atoms with Crippen LogP contribution in [0.15, 0.2) is 0 Å². The Morgan fingerprint density at radius 2 is 0.641 bits per heavy atom. The van der Waals surface area contributed by atoms with E-state index in [0.717, 1.165) is 44.4 Å². The van der Waals surface area contributed by atoms with Gasteiger partial charge in [0.15, 0.2) is 10.5 Å². The molecule has 0 fully saturated rings. The summed E-state index contributed by atoms with van der Waals surface area (Å²) in [5.74, 6) is -4.57. The summed E-state index contributed by atoms with van der Waals surface area (Å²) in [6.07, 6.45) is 34.3. The van der Waals surface area contributed by atoms with Crippen molar-refractivity contribution >= 4 is 44.1 Å². The molecule has 0 aromatic rings. The molecule has 0 aliphatic heterocycles. The average molecular weight is 997 g/mol. The van der Waals surface area contributed by atoms with Crippen LogP contribution in [0.4, 0.5) is 0 Å². The Morgan fingerprint density at radius 1 is 0.422 bits per heavy atom. The SMILES string of the molecule is CC(C)CCCCCCCCCCCCCCCOC(=O)C(CC(=O)O)S(=O)(=O)O.CCCCCCCCCCCCCCCCCCOC(=O)C(CC(=O)O)S(=O)(=O)O.[H-].[H-].[H-].[H-].[Na+].[Na+].[Na+].[Na+]. The van der Waals surface area contributed by atoms with Crippen molar-refractivity contribution in [2.24, 2.45) is 5.92 Å². The molecule has 0 bridgehead atoms. The maximum Gasteiger partial charge on any atom is 1.00 e. The zero-order valence-corrected chi connectivity index (χ0v) is 51.1. The van der Waals surface area contributed by atoms with Crippen LogP contribution >= 0.6 is 0 Å². The second-order valence-electron chi connectivity index (χ2n) is 16.6. The van der Waals surface area contributed by atoms with Crippen molar-refractivity contribution in [1.29, 1.82) is 0 Å². The normalized spacial score (nSPS) is 11.9. The van der Waals surface area contributed by atoms with Gasteiger partial charge in [-0.25, -0.2) is 0 Å². The van der Waals surface area contributed by atoms with Crippen LogP contribution in [0.3, 0.4) is 0 Å². The zero-order valence-electron chi connectivity index (χ0n) is 45.5. The van der Waals surface area contributed by atoms with E-state index in [4.69, 9.17) is 28.8 Å². The minimum atomic E-state index is -4.79. The first-order chi connectivity index (χ1) is 28.4. The Kier molecular flexibility index (Phi) is 63.3. The summed E-state index contributed by atoms with van der Waals surface area (Å²) >= 11 is 0. The zero-order chi connectivity index (χ0) is 45.5. The summed E-state index contributed by atoms with van der Waals surface area (Å²) in [7, 11) is -9.58. The molecular weight excluding hydrogens is 909 g/mol. The third-order valence-electron chi connectivity index (χ3n) is 10.4. The van der Waals surface area contributed by atoms with Crippen LogP contribution in [0, 0.1) is 5.92 Å². The summed E-state index contributed by atoms with van der Waals surface area (Å²) in [6, 6.07) is 0. The van der Waals surface area contributed by atoms with Gasteiger partial charge < -0.3 is 25.4 Å². The fraction of sp³-hybridized carbons (Fsp3) is 0.909. The van der Waals surface area contributed by atoms with Crippen LogP contribution < -0.4 is 118 Å². The molecule has 64 heavy (non-hydrogen) atoms. The van der Waals surface area contributed by atoms with Crippen LogP contribution in [0.2, 0.25) is 0 Å². The molecule has 0 aliphatic carbocycles. The second kappa shape index (κ2) is 52.5. The van der Waals surface area contributed by atoms with E-state index < -0.39 is 67.5 Å². The number of carbonyl (C=O) groups excluding carboxylic acids is 2. The van der Waals surface area contributed by atoms with Gasteiger partial charge >= 0.3 is 142 Å². The van der Waals surface area contributed by atoms with Crippen molar-refractivity contribution in [2.75, 3.05) is 13.2 Å². The Bertz CT molecular complexity index is 1350. The fourth-order valence-corrected chi connectivity index (χ4v) is 8.05. The van der Waals surface area contributed by atoms with Gasteiger partial charge in [-0.2, -0.15) is 16.8 Å². The second-order valence-corrected chi connectivity index (χ2v) is 19.8. The Hall–Kier alpha value is 1.70. The van der Waals surface area contributed by atoms with Gasteiger partial charge in [0.25, 0.3) is 20.2 Å². The molecule has 2 atom stereocenters. The number of rotatable bonds is 41. The molecule has 0 aromatic carbocycles. The summed E-state index contributed by atoms with van der Waals surface area (Å²) < 4.78 is 71.8. The number of ether oxygens (including phenoxy) is 2. The third kappa shape index (κ3) is 54.6. The molecular formula is C44H88Na4O14S2. The molecule has 20 heteroatoms. The molecule has 0 rings (SSSR count). The van der Waals surface area contributed by atoms with Gasteiger partial charge in [-0.15, -0.1) is 0 Å². The van der Waals surface area contributed by atoms with Gasteiger partial charge in [0.2, 0.25) is 0 Å². The largest absolute Gasteiger partial charge is 1.00 e. The van der Waals surface area contributed by atoms with Gasteiger partial charge in [-0.1, -0.05) is 201 Å². The van der Waals surface area contributed by atoms with E-state index in [0.29, 0.717) is 12.8 Å². The van der Waals surface area contributed by atoms with Crippen molar-refractivity contribution in [2.45, 2.75) is 237 Å². The predicted octanol–water partition coefficient (Wildman–Crippen LogP) is -0.634. The molecule has 0 aliphatic rings. The predicted molar refractivity (Wildman–Crippen MR) is 241 cm³/mol. The number of esters is 2. The smallest absolute Gasteiger partial charge is 1.00 e. The summed E-state index contributed by atoms with van der Waals surface area (Å²) in [6.45, 7) is 6.86. The average Bonchev–Trinajstić information content (AvgIpc) is 3.16. The van der Waals surface area contributed by atoms with E-state index in [9.17, 15) is 36.0 Å². The van der Waals surface area contributed by atoms with Gasteiger partial charge in [0.05, 0.1) is 26.1 Å². The molecule has 0 amide bonds. The van der Waals surface area contributed by atoms with E-state index in [1.807, 2.05) is 0 Å². The molecule has 0 radical (unpaired) electrons. The minimum absolute atomic E-state index is 0. The van der Waals surface area contributed by atoms with Crippen molar-refractivity contribution in [3.8, 4) is 0 Å². The maximum absolute atomic E-state index is 11.7. The van der Waals surface area contributed by atoms with Crippen LogP contribution in [0.5, 0.6) is 0 Å². The van der Waals surface area contributed by atoms with Crippen LogP contribution in [-0.4, -0.2) is 83.7 Å². The fourth-order valence-electron chi connectivity index (χ4n) is 6.72. The molecule has 364 valence electrons. The molecule has 0 aromatic heterocycles. The molecule has 0 saturated carbocycles. The summed E-state index contributed by atoms with van der Waals surface area (Å²) in [5.41, 5.74) is 0. The van der Waals surface area contributed by atoms with Crippen molar-refractivity contribution < 1.29 is 189 Å². The maximum atomic E-state index is 11.7. The summed E-state index contributed by atoms with van der Waals surface area (Å²) in [5, 5.41) is 13.1. The number of hydrogen-bond acceptors (Lipinski definition) is 10. The number of carbonyl (C=O) groups is 4. The Labute approximate surface area is 483 Å². The molecule has 14 nitrogen and oxygen atoms in total. The van der Waals surface area contributed by atoms with Gasteiger partial charge in [0, 0.05) is 0 Å². The molecule has 0 saturated heterocycles. The molecule has 0 spiro atoms. The first kappa shape index (κ1) is 77.2. The van der Waals surface area contributed by atoms with E-state index in [-0.39, 0.29) is 137 Å². The van der Waals surface area contributed by atoms with Crippen molar-refractivity contribution in [1.82, 2.24) is 0 Å². The Balaban J connectivity index is -0.000000111. The van der Waals surface area contributed by atoms with Crippen molar-refractivity contribution in [3.05, 3.63) is 0 Å². The number of unbranched alkanes of at least 4 members (excludes halogenated alkanes) is 27. The number of carboxylic acid groups (broad SMARTS) is 2. The van der Waals surface area contributed by atoms with E-state index in [2.05, 4.69) is 20.8 Å². The Morgan fingerprint density at radius 3 is 0.844 bits per heavy atom. The molecule has 4 N–H and O–H groups in total. The van der Waals surface area contributed by atoms with E-state index in [1.165, 1.54) is 141 Å². The van der Waals surface area contributed by atoms with Gasteiger partial charge in [-0.3, -0.25) is 28.3 Å². The summed E-state index contributed by atoms with van der Waals surface area (Å²) in [4.78, 5) is 44.5. The number of carboxylic acids is 2. The van der Waals surface area contributed by atoms with Crippen LogP contribution in [-0.2, 0) is 48.9 Å². The number of aliphatic carboxylic acids is 2. The first-order valence-electron chi connectivity index (χ1n) is 23.1. The minimum Gasteiger partial charge on any atom is -1.00 e. The topological polar surface area (TPSA) is 236 Å². The van der Waals surface area contributed by atoms with Crippen LogP contribution in [0.25, 0.3) is 0 Å². The van der Waals surface area contributed by atoms with Gasteiger partial charge in [0.1, 0.15) is 0 Å². The van der Waals surface area contributed by atoms with Crippen molar-refractivity contribution in [3.63, 3.8) is 0 Å². The van der Waals surface area contributed by atoms with E-state index in [1.54, 1.807) is 0 Å². The quantitative estimate of drug-likeness (QED) is 0.0259. The van der Waals surface area contributed by atoms with Crippen LogP contribution in [0.1, 0.15) is 232 Å². The monoisotopic (exact) mass is 997 g/mol. The molecule has 2 unspecified atom stereocenters. The first-order valence-corrected chi connectivity index (χ1v) is 26.1. The van der Waals surface area contributed by atoms with E-state index >= 15 is 0 Å². The number of hydrogen-bond donors (Lipinski definition) is 4. The standard InChI is InChI=1S/2C22H42O7S.4Na.4H/c1-19(2)16-14-12-10-8-6-4-3-5-7-9-11-13-15-17-29-22(25)20(18-21(23)24)30(26,27)28;1-2-3-4-5-6-7-8-9-10-11-12-13-14-15-16-17-18-29-22(25)20(19-21(23)24)30(26,27)28;;;;;;;;/h19-20H,3-18H2,1-2H3,(H,23,24)(H,26,27,28);20H,2-19H2,1H3,(H,23,24)(H,26,27,28);;;;;;;;/q;;4*+1;4*-1. The van der Waals surface area contributed by atoms with Gasteiger partial charge in [-0.05, 0) is 18.8 Å².